The standard InChI is InChI=1S/C19H21N5O2/c1-24-13-14(10-17(24)18(25)20-8-9-26-2)15-11-21-19(22-12-15)23-16-6-4-3-5-7-16/h3-7,10-13H,8-9H2,1-2H3,(H,20,25)(H,21,22,23). The molecule has 0 saturated carbocycles. The van der Waals surface area contributed by atoms with E-state index in [1.807, 2.05) is 49.6 Å². The lowest BCUT2D eigenvalue weighted by Crippen LogP contribution is -2.28. The first-order chi connectivity index (χ1) is 12.7. The van der Waals surface area contributed by atoms with Gasteiger partial charge in [0.25, 0.3) is 5.91 Å². The molecule has 0 atom stereocenters. The van der Waals surface area contributed by atoms with Crippen molar-refractivity contribution in [2.24, 2.45) is 7.05 Å². The highest BCUT2D eigenvalue weighted by Gasteiger charge is 2.13. The Morgan fingerprint density at radius 1 is 1.15 bits per heavy atom. The summed E-state index contributed by atoms with van der Waals surface area (Å²) in [5, 5.41) is 5.96. The van der Waals surface area contributed by atoms with Gasteiger partial charge in [0.05, 0.1) is 6.61 Å². The van der Waals surface area contributed by atoms with Crippen molar-refractivity contribution in [3.05, 3.63) is 60.7 Å². The van der Waals surface area contributed by atoms with Gasteiger partial charge in [0.2, 0.25) is 5.95 Å². The van der Waals surface area contributed by atoms with Gasteiger partial charge in [-0.2, -0.15) is 0 Å². The quantitative estimate of drug-likeness (QED) is 0.640. The second-order valence-corrected chi connectivity index (χ2v) is 5.76. The predicted molar refractivity (Wildman–Crippen MR) is 100 cm³/mol. The van der Waals surface area contributed by atoms with Crippen molar-refractivity contribution >= 4 is 17.5 Å². The first-order valence-electron chi connectivity index (χ1n) is 8.25. The second-order valence-electron chi connectivity index (χ2n) is 5.76. The van der Waals surface area contributed by atoms with Gasteiger partial charge in [-0.25, -0.2) is 9.97 Å². The van der Waals surface area contributed by atoms with Crippen LogP contribution >= 0.6 is 0 Å². The van der Waals surface area contributed by atoms with Crippen LogP contribution in [0.25, 0.3) is 11.1 Å². The van der Waals surface area contributed by atoms with Crippen molar-refractivity contribution in [1.29, 1.82) is 0 Å². The first kappa shape index (κ1) is 17.6. The van der Waals surface area contributed by atoms with Crippen LogP contribution in [0.1, 0.15) is 10.5 Å². The summed E-state index contributed by atoms with van der Waals surface area (Å²) in [5.41, 5.74) is 3.23. The summed E-state index contributed by atoms with van der Waals surface area (Å²) in [4.78, 5) is 20.9. The fourth-order valence-corrected chi connectivity index (χ4v) is 2.50. The van der Waals surface area contributed by atoms with Crippen LogP contribution in [0, 0.1) is 0 Å². The van der Waals surface area contributed by atoms with Crippen molar-refractivity contribution in [2.75, 3.05) is 25.6 Å². The highest BCUT2D eigenvalue weighted by molar-refractivity contribution is 5.94. The predicted octanol–water partition coefficient (Wildman–Crippen LogP) is 2.60. The number of hydrogen-bond donors (Lipinski definition) is 2. The van der Waals surface area contributed by atoms with Crippen LogP contribution in [0.4, 0.5) is 11.6 Å². The largest absolute Gasteiger partial charge is 0.383 e. The molecule has 1 amide bonds. The molecule has 0 unspecified atom stereocenters. The van der Waals surface area contributed by atoms with Crippen molar-refractivity contribution in [3.8, 4) is 11.1 Å². The Bertz CT molecular complexity index is 859. The molecule has 0 aliphatic heterocycles. The minimum absolute atomic E-state index is 0.140. The van der Waals surface area contributed by atoms with Crippen molar-refractivity contribution in [3.63, 3.8) is 0 Å². The lowest BCUT2D eigenvalue weighted by Gasteiger charge is -2.04. The number of carbonyl (C=O) groups excluding carboxylic acids is 1. The van der Waals surface area contributed by atoms with E-state index in [2.05, 4.69) is 20.6 Å². The minimum Gasteiger partial charge on any atom is -0.383 e. The van der Waals surface area contributed by atoms with Crippen LogP contribution in [0.5, 0.6) is 0 Å². The lowest BCUT2D eigenvalue weighted by molar-refractivity contribution is 0.0929. The van der Waals surface area contributed by atoms with Crippen molar-refractivity contribution in [2.45, 2.75) is 0 Å². The molecule has 0 saturated heterocycles. The van der Waals surface area contributed by atoms with E-state index in [0.717, 1.165) is 16.8 Å². The molecule has 0 radical (unpaired) electrons. The van der Waals surface area contributed by atoms with Gasteiger partial charge in [-0.05, 0) is 18.2 Å². The van der Waals surface area contributed by atoms with Crippen molar-refractivity contribution in [1.82, 2.24) is 19.9 Å². The number of aromatic nitrogens is 3. The highest BCUT2D eigenvalue weighted by Crippen LogP contribution is 2.21. The van der Waals surface area contributed by atoms with Crippen LogP contribution in [0.15, 0.2) is 55.0 Å². The summed E-state index contributed by atoms with van der Waals surface area (Å²) in [6.07, 6.45) is 5.36. The van der Waals surface area contributed by atoms with Gasteiger partial charge in [-0.3, -0.25) is 4.79 Å². The third kappa shape index (κ3) is 4.25. The SMILES string of the molecule is COCCNC(=O)c1cc(-c2cnc(Nc3ccccc3)nc2)cn1C. The fourth-order valence-electron chi connectivity index (χ4n) is 2.50. The van der Waals surface area contributed by atoms with Crippen LogP contribution in [0.3, 0.4) is 0 Å². The average Bonchev–Trinajstić information content (AvgIpc) is 3.05. The smallest absolute Gasteiger partial charge is 0.267 e. The Balaban J connectivity index is 1.71. The fraction of sp³-hybridized carbons (Fsp3) is 0.211. The van der Waals surface area contributed by atoms with E-state index >= 15 is 0 Å². The molecule has 0 bridgehead atoms. The van der Waals surface area contributed by atoms with Gasteiger partial charge in [0.15, 0.2) is 0 Å². The van der Waals surface area contributed by atoms with Gasteiger partial charge in [0, 0.05) is 56.1 Å². The zero-order chi connectivity index (χ0) is 18.4. The maximum Gasteiger partial charge on any atom is 0.267 e. The van der Waals surface area contributed by atoms with Gasteiger partial charge < -0.3 is 19.9 Å². The Morgan fingerprint density at radius 2 is 1.88 bits per heavy atom. The molecule has 26 heavy (non-hydrogen) atoms. The monoisotopic (exact) mass is 351 g/mol. The summed E-state index contributed by atoms with van der Waals surface area (Å²) in [7, 11) is 3.43. The first-order valence-corrected chi connectivity index (χ1v) is 8.25. The average molecular weight is 351 g/mol. The van der Waals surface area contributed by atoms with Gasteiger partial charge >= 0.3 is 0 Å². The molecule has 0 aliphatic carbocycles. The molecule has 0 spiro atoms. The van der Waals surface area contributed by atoms with E-state index in [1.54, 1.807) is 24.1 Å². The van der Waals surface area contributed by atoms with Crippen LogP contribution in [0.2, 0.25) is 0 Å². The topological polar surface area (TPSA) is 81.1 Å². The number of aryl methyl sites for hydroxylation is 1. The van der Waals surface area contributed by atoms with Crippen LogP contribution < -0.4 is 10.6 Å². The molecule has 7 heteroatoms. The van der Waals surface area contributed by atoms with Gasteiger partial charge in [-0.1, -0.05) is 18.2 Å². The van der Waals surface area contributed by atoms with E-state index in [-0.39, 0.29) is 5.91 Å². The molecule has 2 N–H and O–H groups in total. The summed E-state index contributed by atoms with van der Waals surface area (Å²) in [6, 6.07) is 11.6. The normalized spacial score (nSPS) is 10.5. The summed E-state index contributed by atoms with van der Waals surface area (Å²) >= 11 is 0. The number of nitrogens with one attached hydrogen (secondary N) is 2. The number of methoxy groups -OCH3 is 1. The second kappa shape index (κ2) is 8.26. The van der Waals surface area contributed by atoms with Crippen LogP contribution in [-0.4, -0.2) is 40.7 Å². The lowest BCUT2D eigenvalue weighted by atomic mass is 10.2. The Labute approximate surface area is 152 Å². The molecule has 0 fully saturated rings. The molecule has 7 nitrogen and oxygen atoms in total. The molecular weight excluding hydrogens is 330 g/mol. The summed E-state index contributed by atoms with van der Waals surface area (Å²) < 4.78 is 6.73. The van der Waals surface area contributed by atoms with E-state index in [9.17, 15) is 4.79 Å². The minimum atomic E-state index is -0.140. The molecule has 2 aromatic heterocycles. The Hall–Kier alpha value is -3.19. The number of benzene rings is 1. The van der Waals surface area contributed by atoms with E-state index in [4.69, 9.17) is 4.74 Å². The van der Waals surface area contributed by atoms with E-state index in [1.165, 1.54) is 0 Å². The summed E-state index contributed by atoms with van der Waals surface area (Å²) in [5.74, 6) is 0.382. The molecule has 134 valence electrons. The number of ether oxygens (including phenoxy) is 1. The summed E-state index contributed by atoms with van der Waals surface area (Å²) in [6.45, 7) is 0.950. The highest BCUT2D eigenvalue weighted by atomic mass is 16.5. The number of amides is 1. The number of para-hydroxylation sites is 1. The number of anilines is 2. The third-order valence-corrected chi connectivity index (χ3v) is 3.84. The molecule has 1 aromatic carbocycles. The van der Waals surface area contributed by atoms with E-state index in [0.29, 0.717) is 24.8 Å². The molecular formula is C19H21N5O2. The number of hydrogen-bond acceptors (Lipinski definition) is 5. The Morgan fingerprint density at radius 3 is 2.58 bits per heavy atom. The molecule has 3 aromatic rings. The number of nitrogens with zero attached hydrogens (tertiary/aromatic N) is 3. The van der Waals surface area contributed by atoms with Crippen LogP contribution in [-0.2, 0) is 11.8 Å². The zero-order valence-corrected chi connectivity index (χ0v) is 14.8. The molecule has 3 rings (SSSR count). The maximum atomic E-state index is 12.2. The molecule has 0 aliphatic rings. The molecule has 2 heterocycles. The Kier molecular flexibility index (Phi) is 5.60. The van der Waals surface area contributed by atoms with Gasteiger partial charge in [-0.15, -0.1) is 0 Å². The zero-order valence-electron chi connectivity index (χ0n) is 14.8. The van der Waals surface area contributed by atoms with Crippen molar-refractivity contribution < 1.29 is 9.53 Å². The number of carbonyl (C=O) groups is 1. The number of rotatable bonds is 7. The maximum absolute atomic E-state index is 12.2. The van der Waals surface area contributed by atoms with E-state index < -0.39 is 0 Å². The van der Waals surface area contributed by atoms with Gasteiger partial charge in [0.1, 0.15) is 5.69 Å². The third-order valence-electron chi connectivity index (χ3n) is 3.84.